The zero-order valence-corrected chi connectivity index (χ0v) is 11.9. The molecule has 2 aromatic rings. The van der Waals surface area contributed by atoms with E-state index >= 15 is 0 Å². The fourth-order valence-corrected chi connectivity index (χ4v) is 2.13. The van der Waals surface area contributed by atoms with Crippen LogP contribution in [0.1, 0.15) is 0 Å². The van der Waals surface area contributed by atoms with Crippen molar-refractivity contribution in [1.82, 2.24) is 0 Å². The Morgan fingerprint density at radius 3 is 1.95 bits per heavy atom. The molecule has 2 amide bonds. The van der Waals surface area contributed by atoms with Gasteiger partial charge in [0.25, 0.3) is 0 Å². The van der Waals surface area contributed by atoms with Crippen LogP contribution in [-0.4, -0.2) is 11.5 Å². The minimum atomic E-state index is -4.31. The molecule has 2 aromatic carbocycles. The summed E-state index contributed by atoms with van der Waals surface area (Å²) in [4.78, 5) is 10.8. The summed E-state index contributed by atoms with van der Waals surface area (Å²) >= 11 is -0.184. The maximum absolute atomic E-state index is 12.2. The number of urea groups is 1. The largest absolute Gasteiger partial charge is 0.457 e. The van der Waals surface area contributed by atoms with Crippen molar-refractivity contribution in [2.75, 3.05) is 5.32 Å². The fourth-order valence-electron chi connectivity index (χ4n) is 1.59. The fraction of sp³-hybridized carbons (Fsp3) is 0.0714. The van der Waals surface area contributed by atoms with Crippen LogP contribution in [0.2, 0.25) is 0 Å². The highest BCUT2D eigenvalue weighted by molar-refractivity contribution is 8.00. The van der Waals surface area contributed by atoms with Crippen molar-refractivity contribution < 1.29 is 22.7 Å². The normalized spacial score (nSPS) is 11.0. The Morgan fingerprint density at radius 2 is 1.50 bits per heavy atom. The second-order valence-corrected chi connectivity index (χ2v) is 5.27. The number of anilines is 1. The molecule has 0 aliphatic rings. The first-order chi connectivity index (χ1) is 10.3. The number of thioether (sulfide) groups is 1. The highest BCUT2D eigenvalue weighted by Crippen LogP contribution is 2.37. The van der Waals surface area contributed by atoms with Crippen LogP contribution < -0.4 is 15.8 Å². The molecule has 0 saturated carbocycles. The summed E-state index contributed by atoms with van der Waals surface area (Å²) in [6.45, 7) is 0. The lowest BCUT2D eigenvalue weighted by molar-refractivity contribution is -0.0328. The minimum absolute atomic E-state index is 0.0841. The number of benzene rings is 2. The third-order valence-corrected chi connectivity index (χ3v) is 3.15. The number of amides is 2. The van der Waals surface area contributed by atoms with Crippen molar-refractivity contribution in [2.24, 2.45) is 5.73 Å². The Kier molecular flexibility index (Phi) is 4.81. The number of halogens is 3. The quantitative estimate of drug-likeness (QED) is 0.807. The number of nitrogens with one attached hydrogen (secondary N) is 1. The van der Waals surface area contributed by atoms with Gasteiger partial charge in [0.2, 0.25) is 0 Å². The average molecular weight is 328 g/mol. The molecule has 0 saturated heterocycles. The molecule has 0 aliphatic carbocycles. The van der Waals surface area contributed by atoms with Gasteiger partial charge in [0, 0.05) is 10.6 Å². The molecule has 0 unspecified atom stereocenters. The number of rotatable bonds is 4. The molecular weight excluding hydrogens is 317 g/mol. The number of alkyl halides is 3. The number of hydrogen-bond acceptors (Lipinski definition) is 3. The van der Waals surface area contributed by atoms with Gasteiger partial charge in [0.05, 0.1) is 0 Å². The molecule has 3 N–H and O–H groups in total. The molecule has 22 heavy (non-hydrogen) atoms. The first-order valence-corrected chi connectivity index (χ1v) is 6.84. The molecule has 0 radical (unpaired) electrons. The highest BCUT2D eigenvalue weighted by Gasteiger charge is 2.29. The van der Waals surface area contributed by atoms with Crippen LogP contribution in [0.25, 0.3) is 0 Å². The Balaban J connectivity index is 2.00. The lowest BCUT2D eigenvalue weighted by Crippen LogP contribution is -2.19. The lowest BCUT2D eigenvalue weighted by atomic mass is 10.3. The monoisotopic (exact) mass is 328 g/mol. The molecule has 0 atom stereocenters. The van der Waals surface area contributed by atoms with Crippen LogP contribution in [0.15, 0.2) is 53.4 Å². The topological polar surface area (TPSA) is 64.4 Å². The molecular formula is C14H11F3N2O2S. The Morgan fingerprint density at radius 1 is 1.00 bits per heavy atom. The van der Waals surface area contributed by atoms with E-state index in [2.05, 4.69) is 5.32 Å². The van der Waals surface area contributed by atoms with Gasteiger partial charge in [0.15, 0.2) is 0 Å². The highest BCUT2D eigenvalue weighted by atomic mass is 32.2. The van der Waals surface area contributed by atoms with Gasteiger partial charge in [-0.05, 0) is 60.3 Å². The predicted molar refractivity (Wildman–Crippen MR) is 78.1 cm³/mol. The van der Waals surface area contributed by atoms with Gasteiger partial charge in [-0.1, -0.05) is 0 Å². The van der Waals surface area contributed by atoms with Crippen molar-refractivity contribution in [3.63, 3.8) is 0 Å². The van der Waals surface area contributed by atoms with Gasteiger partial charge >= 0.3 is 11.5 Å². The van der Waals surface area contributed by atoms with E-state index in [0.717, 1.165) is 0 Å². The van der Waals surface area contributed by atoms with Gasteiger partial charge in [0.1, 0.15) is 11.5 Å². The van der Waals surface area contributed by atoms with Gasteiger partial charge in [-0.15, -0.1) is 0 Å². The summed E-state index contributed by atoms with van der Waals surface area (Å²) in [6.07, 6.45) is 0. The third-order valence-electron chi connectivity index (χ3n) is 2.41. The molecule has 8 heteroatoms. The first-order valence-electron chi connectivity index (χ1n) is 6.02. The number of hydrogen-bond donors (Lipinski definition) is 2. The molecule has 4 nitrogen and oxygen atoms in total. The summed E-state index contributed by atoms with van der Waals surface area (Å²) in [5.74, 6) is 0.883. The molecule has 0 spiro atoms. The van der Waals surface area contributed by atoms with Crippen molar-refractivity contribution in [2.45, 2.75) is 10.4 Å². The van der Waals surface area contributed by atoms with E-state index in [0.29, 0.717) is 17.2 Å². The van der Waals surface area contributed by atoms with E-state index in [4.69, 9.17) is 10.5 Å². The minimum Gasteiger partial charge on any atom is -0.457 e. The third kappa shape index (κ3) is 5.21. The maximum atomic E-state index is 12.2. The van der Waals surface area contributed by atoms with Crippen LogP contribution in [0.5, 0.6) is 11.5 Å². The van der Waals surface area contributed by atoms with Gasteiger partial charge < -0.3 is 15.8 Å². The number of carbonyl (C=O) groups is 1. The zero-order valence-electron chi connectivity index (χ0n) is 11.1. The van der Waals surface area contributed by atoms with E-state index in [1.807, 2.05) is 0 Å². The van der Waals surface area contributed by atoms with Crippen molar-refractivity contribution in [1.29, 1.82) is 0 Å². The number of ether oxygens (including phenoxy) is 1. The van der Waals surface area contributed by atoms with Crippen LogP contribution >= 0.6 is 11.8 Å². The van der Waals surface area contributed by atoms with E-state index < -0.39 is 11.5 Å². The van der Waals surface area contributed by atoms with E-state index in [9.17, 15) is 18.0 Å². The van der Waals surface area contributed by atoms with Gasteiger partial charge in [-0.2, -0.15) is 13.2 Å². The standard InChI is InChI=1S/C14H11F3N2O2S/c15-14(16,17)22-12-7-5-11(6-8-12)21-10-3-1-9(2-4-10)19-13(18)20/h1-8H,(H3,18,19,20). The maximum Gasteiger partial charge on any atom is 0.446 e. The van der Waals surface area contributed by atoms with E-state index in [1.54, 1.807) is 24.3 Å². The van der Waals surface area contributed by atoms with Crippen molar-refractivity contribution in [3.8, 4) is 11.5 Å². The van der Waals surface area contributed by atoms with Crippen molar-refractivity contribution in [3.05, 3.63) is 48.5 Å². The van der Waals surface area contributed by atoms with Crippen LogP contribution in [0.3, 0.4) is 0 Å². The summed E-state index contributed by atoms with van der Waals surface area (Å²) in [7, 11) is 0. The molecule has 0 heterocycles. The predicted octanol–water partition coefficient (Wildman–Crippen LogP) is 4.58. The molecule has 0 aromatic heterocycles. The lowest BCUT2D eigenvalue weighted by Gasteiger charge is -2.09. The summed E-state index contributed by atoms with van der Waals surface area (Å²) in [5, 5.41) is 2.40. The number of primary amides is 1. The second kappa shape index (κ2) is 6.61. The zero-order chi connectivity index (χ0) is 16.2. The average Bonchev–Trinajstić information content (AvgIpc) is 2.41. The Hall–Kier alpha value is -2.35. The summed E-state index contributed by atoms with van der Waals surface area (Å²) < 4.78 is 42.1. The van der Waals surface area contributed by atoms with Crippen molar-refractivity contribution >= 4 is 23.5 Å². The van der Waals surface area contributed by atoms with Gasteiger partial charge in [-0.25, -0.2) is 4.79 Å². The summed E-state index contributed by atoms with van der Waals surface area (Å²) in [6, 6.07) is 11.3. The van der Waals surface area contributed by atoms with E-state index in [-0.39, 0.29) is 16.7 Å². The Bertz CT molecular complexity index is 643. The van der Waals surface area contributed by atoms with Crippen LogP contribution in [0.4, 0.5) is 23.7 Å². The molecule has 0 bridgehead atoms. The number of nitrogens with two attached hydrogens (primary N) is 1. The van der Waals surface area contributed by atoms with Crippen LogP contribution in [0, 0.1) is 0 Å². The first kappa shape index (κ1) is 16.0. The van der Waals surface area contributed by atoms with Crippen LogP contribution in [-0.2, 0) is 0 Å². The molecule has 116 valence electrons. The SMILES string of the molecule is NC(=O)Nc1ccc(Oc2ccc(SC(F)(F)F)cc2)cc1. The Labute approximate surface area is 128 Å². The smallest absolute Gasteiger partial charge is 0.446 e. The number of carbonyl (C=O) groups excluding carboxylic acids is 1. The summed E-state index contributed by atoms with van der Waals surface area (Å²) in [5.41, 5.74) is 1.18. The van der Waals surface area contributed by atoms with Gasteiger partial charge in [-0.3, -0.25) is 0 Å². The van der Waals surface area contributed by atoms with E-state index in [1.165, 1.54) is 24.3 Å². The molecule has 2 rings (SSSR count). The second-order valence-electron chi connectivity index (χ2n) is 4.13. The molecule has 0 aliphatic heterocycles. The molecule has 0 fully saturated rings.